The fourth-order valence-electron chi connectivity index (χ4n) is 0.787. The molecule has 1 fully saturated rings. The molecule has 1 heterocycles. The van der Waals surface area contributed by atoms with Crippen LogP contribution < -0.4 is 5.32 Å². The van der Waals surface area contributed by atoms with Gasteiger partial charge in [-0.15, -0.1) is 17.0 Å². The first-order valence-corrected chi connectivity index (χ1v) is 3.66. The lowest BCUT2D eigenvalue weighted by atomic mass is 10.2. The molecule has 0 bridgehead atoms. The lowest BCUT2D eigenvalue weighted by Gasteiger charge is -2.15. The number of hydrogen-bond acceptors (Lipinski definition) is 1. The molecule has 1 nitrogen and oxygen atoms in total. The molecule has 1 aliphatic rings. The normalized spacial score (nSPS) is 22.1. The van der Waals surface area contributed by atoms with E-state index >= 15 is 0 Å². The highest BCUT2D eigenvalue weighted by atomic mass is 79.9. The first kappa shape index (κ1) is 8.92. The molecule has 0 aromatic rings. The molecule has 0 amide bonds. The van der Waals surface area contributed by atoms with E-state index in [2.05, 4.69) is 21.2 Å². The number of alkyl halides is 1. The molecular weight excluding hydrogens is 234 g/mol. The van der Waals surface area contributed by atoms with Gasteiger partial charge in [0.15, 0.2) is 0 Å². The fourth-order valence-corrected chi connectivity index (χ4v) is 1.24. The van der Waals surface area contributed by atoms with Gasteiger partial charge in [0.25, 0.3) is 0 Å². The molecule has 1 N–H and O–H groups in total. The molecule has 0 spiro atoms. The maximum absolute atomic E-state index is 3.55. The minimum Gasteiger partial charge on any atom is -0.317 e. The minimum absolute atomic E-state index is 0. The number of rotatable bonds is 0. The molecule has 0 radical (unpaired) electrons. The zero-order chi connectivity index (χ0) is 5.11. The summed E-state index contributed by atoms with van der Waals surface area (Å²) in [6.07, 6.45) is 2.58. The molecule has 0 aromatic carbocycles. The molecule has 0 unspecified atom stereocenters. The second-order valence-electron chi connectivity index (χ2n) is 1.92. The monoisotopic (exact) mass is 243 g/mol. The van der Waals surface area contributed by atoms with E-state index in [1.54, 1.807) is 0 Å². The Bertz CT molecular complexity index is 52.4. The van der Waals surface area contributed by atoms with Crippen molar-refractivity contribution in [1.82, 2.24) is 5.32 Å². The van der Waals surface area contributed by atoms with E-state index in [1.165, 1.54) is 25.9 Å². The smallest absolute Gasteiger partial charge is 0.0169 e. The van der Waals surface area contributed by atoms with Crippen molar-refractivity contribution in [3.8, 4) is 0 Å². The van der Waals surface area contributed by atoms with Crippen molar-refractivity contribution in [1.29, 1.82) is 0 Å². The van der Waals surface area contributed by atoms with Gasteiger partial charge in [0.1, 0.15) is 0 Å². The summed E-state index contributed by atoms with van der Waals surface area (Å²) in [5, 5.41) is 3.29. The molecule has 8 heavy (non-hydrogen) atoms. The summed E-state index contributed by atoms with van der Waals surface area (Å²) in [7, 11) is 0. The number of halogens is 2. The third kappa shape index (κ3) is 3.05. The number of nitrogens with one attached hydrogen (secondary N) is 1. The quantitative estimate of drug-likeness (QED) is 0.640. The number of hydrogen-bond donors (Lipinski definition) is 1. The van der Waals surface area contributed by atoms with Crippen LogP contribution in [-0.4, -0.2) is 17.9 Å². The van der Waals surface area contributed by atoms with Gasteiger partial charge in [-0.3, -0.25) is 0 Å². The Morgan fingerprint density at radius 3 is 2.00 bits per heavy atom. The van der Waals surface area contributed by atoms with Crippen LogP contribution in [0.5, 0.6) is 0 Å². The van der Waals surface area contributed by atoms with E-state index in [1.807, 2.05) is 0 Å². The Kier molecular flexibility index (Phi) is 5.31. The Balaban J connectivity index is 0.000000490. The molecule has 1 rings (SSSR count). The Hall–Kier alpha value is 0.920. The van der Waals surface area contributed by atoms with Gasteiger partial charge >= 0.3 is 0 Å². The van der Waals surface area contributed by atoms with Crippen molar-refractivity contribution in [2.75, 3.05) is 13.1 Å². The van der Waals surface area contributed by atoms with Crippen LogP contribution in [0.4, 0.5) is 0 Å². The van der Waals surface area contributed by atoms with Gasteiger partial charge in [0.05, 0.1) is 0 Å². The van der Waals surface area contributed by atoms with Gasteiger partial charge in [-0.1, -0.05) is 15.9 Å². The summed E-state index contributed by atoms with van der Waals surface area (Å²) in [4.78, 5) is 0.786. The third-order valence-corrected chi connectivity index (χ3v) is 2.18. The largest absolute Gasteiger partial charge is 0.317 e. The fraction of sp³-hybridized carbons (Fsp3) is 1.00. The summed E-state index contributed by atoms with van der Waals surface area (Å²) in [5.41, 5.74) is 0. The van der Waals surface area contributed by atoms with Crippen molar-refractivity contribution < 1.29 is 0 Å². The van der Waals surface area contributed by atoms with Gasteiger partial charge in [0.2, 0.25) is 0 Å². The van der Waals surface area contributed by atoms with E-state index in [0.29, 0.717) is 0 Å². The molecule has 0 atom stereocenters. The third-order valence-electron chi connectivity index (χ3n) is 1.27. The zero-order valence-corrected chi connectivity index (χ0v) is 7.99. The average Bonchev–Trinajstić information content (AvgIpc) is 1.69. The summed E-state index contributed by atoms with van der Waals surface area (Å²) >= 11 is 3.55. The van der Waals surface area contributed by atoms with Crippen molar-refractivity contribution >= 4 is 32.9 Å². The van der Waals surface area contributed by atoms with Gasteiger partial charge in [-0.2, -0.15) is 0 Å². The Morgan fingerprint density at radius 2 is 1.75 bits per heavy atom. The van der Waals surface area contributed by atoms with Crippen molar-refractivity contribution in [2.24, 2.45) is 0 Å². The van der Waals surface area contributed by atoms with Crippen LogP contribution in [0.25, 0.3) is 0 Å². The predicted molar refractivity (Wildman–Crippen MR) is 45.1 cm³/mol. The van der Waals surface area contributed by atoms with Crippen LogP contribution in [0.2, 0.25) is 0 Å². The molecule has 1 aliphatic heterocycles. The Morgan fingerprint density at radius 1 is 1.25 bits per heavy atom. The van der Waals surface area contributed by atoms with Crippen LogP contribution >= 0.6 is 32.9 Å². The predicted octanol–water partition coefficient (Wildman–Crippen LogP) is 1.71. The number of piperidine rings is 1. The maximum Gasteiger partial charge on any atom is 0.0169 e. The van der Waals surface area contributed by atoms with Crippen LogP contribution in [-0.2, 0) is 0 Å². The van der Waals surface area contributed by atoms with Crippen LogP contribution in [0.1, 0.15) is 12.8 Å². The second-order valence-corrected chi connectivity index (χ2v) is 3.22. The minimum atomic E-state index is 0. The average molecular weight is 245 g/mol. The highest BCUT2D eigenvalue weighted by Gasteiger charge is 2.06. The SMILES string of the molecule is Br.BrC1CCNCC1. The maximum atomic E-state index is 3.55. The highest BCUT2D eigenvalue weighted by Crippen LogP contribution is 2.10. The summed E-state index contributed by atoms with van der Waals surface area (Å²) in [6, 6.07) is 0. The van der Waals surface area contributed by atoms with Crippen molar-refractivity contribution in [3.63, 3.8) is 0 Å². The van der Waals surface area contributed by atoms with Crippen molar-refractivity contribution in [3.05, 3.63) is 0 Å². The molecule has 1 saturated heterocycles. The van der Waals surface area contributed by atoms with Crippen molar-refractivity contribution in [2.45, 2.75) is 17.7 Å². The molecule has 0 aromatic heterocycles. The lowest BCUT2D eigenvalue weighted by molar-refractivity contribution is 0.537. The van der Waals surface area contributed by atoms with E-state index in [4.69, 9.17) is 0 Å². The molecule has 50 valence electrons. The van der Waals surface area contributed by atoms with Gasteiger partial charge in [0, 0.05) is 4.83 Å². The Labute approximate surface area is 69.1 Å². The first-order valence-electron chi connectivity index (χ1n) is 2.74. The van der Waals surface area contributed by atoms with E-state index in [9.17, 15) is 0 Å². The summed E-state index contributed by atoms with van der Waals surface area (Å²) in [6.45, 7) is 2.38. The topological polar surface area (TPSA) is 12.0 Å². The van der Waals surface area contributed by atoms with Gasteiger partial charge in [-0.25, -0.2) is 0 Å². The first-order chi connectivity index (χ1) is 3.39. The van der Waals surface area contributed by atoms with E-state index in [0.717, 1.165) is 4.83 Å². The van der Waals surface area contributed by atoms with Gasteiger partial charge < -0.3 is 5.32 Å². The molecular formula is C5H11Br2N. The zero-order valence-electron chi connectivity index (χ0n) is 4.69. The second kappa shape index (κ2) is 4.77. The van der Waals surface area contributed by atoms with Gasteiger partial charge in [-0.05, 0) is 25.9 Å². The lowest BCUT2D eigenvalue weighted by Crippen LogP contribution is -2.27. The molecule has 0 saturated carbocycles. The standard InChI is InChI=1S/C5H10BrN.BrH/c6-5-1-3-7-4-2-5;/h5,7H,1-4H2;1H. The van der Waals surface area contributed by atoms with Crippen LogP contribution in [0.15, 0.2) is 0 Å². The van der Waals surface area contributed by atoms with Crippen LogP contribution in [0.3, 0.4) is 0 Å². The highest BCUT2D eigenvalue weighted by molar-refractivity contribution is 9.09. The molecule has 0 aliphatic carbocycles. The van der Waals surface area contributed by atoms with E-state index < -0.39 is 0 Å². The summed E-state index contributed by atoms with van der Waals surface area (Å²) in [5.74, 6) is 0. The summed E-state index contributed by atoms with van der Waals surface area (Å²) < 4.78 is 0. The molecule has 3 heteroatoms. The van der Waals surface area contributed by atoms with E-state index in [-0.39, 0.29) is 17.0 Å². The van der Waals surface area contributed by atoms with Crippen LogP contribution in [0, 0.1) is 0 Å².